The highest BCUT2D eigenvalue weighted by atomic mass is 32.1. The van der Waals surface area contributed by atoms with Gasteiger partial charge in [0.25, 0.3) is 0 Å². The molecule has 2 aromatic carbocycles. The van der Waals surface area contributed by atoms with Crippen molar-refractivity contribution in [2.75, 3.05) is 18.1 Å². The second-order valence-electron chi connectivity index (χ2n) is 9.15. The van der Waals surface area contributed by atoms with Crippen LogP contribution in [0.3, 0.4) is 0 Å². The number of nitrogens with zero attached hydrogens (tertiary/aromatic N) is 1. The molecule has 0 saturated heterocycles. The van der Waals surface area contributed by atoms with Gasteiger partial charge in [-0.2, -0.15) is 0 Å². The van der Waals surface area contributed by atoms with E-state index in [9.17, 15) is 14.0 Å². The third kappa shape index (κ3) is 5.54. The predicted octanol–water partition coefficient (Wildman–Crippen LogP) is 5.42. The molecule has 188 valence electrons. The van der Waals surface area contributed by atoms with Crippen LogP contribution in [0.5, 0.6) is 11.5 Å². The molecule has 6 nitrogen and oxygen atoms in total. The number of hydrogen-bond donors (Lipinski definition) is 1. The maximum atomic E-state index is 13.9. The van der Waals surface area contributed by atoms with E-state index in [2.05, 4.69) is 5.32 Å². The van der Waals surface area contributed by atoms with Gasteiger partial charge >= 0.3 is 0 Å². The van der Waals surface area contributed by atoms with Crippen LogP contribution < -0.4 is 19.7 Å². The van der Waals surface area contributed by atoms with Gasteiger partial charge in [-0.25, -0.2) is 4.39 Å². The second kappa shape index (κ2) is 11.1. The van der Waals surface area contributed by atoms with E-state index in [0.29, 0.717) is 36.0 Å². The summed E-state index contributed by atoms with van der Waals surface area (Å²) in [6, 6.07) is 13.9. The third-order valence-electron chi connectivity index (χ3n) is 6.62. The number of nitrogens with one attached hydrogen (secondary N) is 1. The average molecular weight is 509 g/mol. The zero-order valence-corrected chi connectivity index (χ0v) is 20.8. The Labute approximate surface area is 214 Å². The lowest BCUT2D eigenvalue weighted by Crippen LogP contribution is -2.47. The Bertz CT molecular complexity index is 1190. The van der Waals surface area contributed by atoms with Crippen molar-refractivity contribution >= 4 is 28.8 Å². The number of benzene rings is 2. The summed E-state index contributed by atoms with van der Waals surface area (Å²) in [7, 11) is 0. The van der Waals surface area contributed by atoms with Gasteiger partial charge in [0.1, 0.15) is 25.1 Å². The third-order valence-corrected chi connectivity index (χ3v) is 7.50. The average Bonchev–Trinajstić information content (AvgIpc) is 3.41. The van der Waals surface area contributed by atoms with Gasteiger partial charge in [0.05, 0.1) is 6.42 Å². The van der Waals surface area contributed by atoms with Gasteiger partial charge in [-0.3, -0.25) is 14.5 Å². The lowest BCUT2D eigenvalue weighted by atomic mass is 9.94. The Morgan fingerprint density at radius 2 is 1.75 bits per heavy atom. The van der Waals surface area contributed by atoms with Gasteiger partial charge in [0, 0.05) is 22.7 Å². The molecule has 3 aromatic rings. The molecule has 1 aromatic heterocycles. The molecule has 36 heavy (non-hydrogen) atoms. The van der Waals surface area contributed by atoms with Gasteiger partial charge in [-0.15, -0.1) is 11.3 Å². The van der Waals surface area contributed by atoms with Gasteiger partial charge in [-0.05, 0) is 54.1 Å². The Kier molecular flexibility index (Phi) is 7.51. The van der Waals surface area contributed by atoms with E-state index in [1.165, 1.54) is 28.4 Å². The number of amides is 2. The van der Waals surface area contributed by atoms with E-state index in [4.69, 9.17) is 9.47 Å². The number of hydrogen-bond acceptors (Lipinski definition) is 5. The number of carbonyl (C=O) groups is 2. The number of carbonyl (C=O) groups excluding carboxylic acids is 2. The fraction of sp³-hybridized carbons (Fsp3) is 0.357. The molecule has 0 unspecified atom stereocenters. The minimum atomic E-state index is -0.970. The Balaban J connectivity index is 1.56. The lowest BCUT2D eigenvalue weighted by molar-refractivity contribution is -0.127. The normalized spacial score (nSPS) is 16.2. The number of anilines is 1. The molecule has 1 aliphatic carbocycles. The summed E-state index contributed by atoms with van der Waals surface area (Å²) in [5.41, 5.74) is 1.06. The number of ether oxygens (including phenoxy) is 2. The molecule has 0 bridgehead atoms. The first-order valence-corrected chi connectivity index (χ1v) is 13.3. The van der Waals surface area contributed by atoms with Crippen molar-refractivity contribution in [3.63, 3.8) is 0 Å². The van der Waals surface area contributed by atoms with Crippen LogP contribution in [-0.4, -0.2) is 31.1 Å². The molecule has 2 heterocycles. The predicted molar refractivity (Wildman–Crippen MR) is 137 cm³/mol. The van der Waals surface area contributed by atoms with Crippen LogP contribution in [-0.2, 0) is 16.0 Å². The number of rotatable bonds is 7. The molecule has 1 atom stereocenters. The molecular formula is C28H29FN2O4S. The SMILES string of the molecule is O=C(NC1CCCCC1)[C@@H](c1ccc(F)cc1)N(C(=O)Cc1cccs1)c1ccc2c(c1)OCCO2. The minimum absolute atomic E-state index is 0.0590. The molecule has 2 amide bonds. The molecule has 5 rings (SSSR count). The van der Waals surface area contributed by atoms with E-state index in [1.54, 1.807) is 30.3 Å². The molecule has 0 radical (unpaired) electrons. The van der Waals surface area contributed by atoms with Crippen molar-refractivity contribution in [1.29, 1.82) is 0 Å². The summed E-state index contributed by atoms with van der Waals surface area (Å²) in [6.45, 7) is 0.860. The minimum Gasteiger partial charge on any atom is -0.486 e. The lowest BCUT2D eigenvalue weighted by Gasteiger charge is -2.34. The molecule has 8 heteroatoms. The molecule has 1 saturated carbocycles. The molecule has 0 spiro atoms. The Morgan fingerprint density at radius 3 is 2.47 bits per heavy atom. The van der Waals surface area contributed by atoms with Crippen molar-refractivity contribution in [3.05, 3.63) is 76.2 Å². The van der Waals surface area contributed by atoms with Crippen LogP contribution in [0.15, 0.2) is 60.0 Å². The first kappa shape index (κ1) is 24.3. The van der Waals surface area contributed by atoms with E-state index in [-0.39, 0.29) is 24.3 Å². The molecular weight excluding hydrogens is 479 g/mol. The summed E-state index contributed by atoms with van der Waals surface area (Å²) in [5, 5.41) is 5.10. The monoisotopic (exact) mass is 508 g/mol. The van der Waals surface area contributed by atoms with Crippen LogP contribution >= 0.6 is 11.3 Å². The van der Waals surface area contributed by atoms with Crippen molar-refractivity contribution < 1.29 is 23.5 Å². The first-order chi connectivity index (χ1) is 17.6. The van der Waals surface area contributed by atoms with Gasteiger partial charge in [0.15, 0.2) is 11.5 Å². The summed E-state index contributed by atoms with van der Waals surface area (Å²) < 4.78 is 25.3. The van der Waals surface area contributed by atoms with Gasteiger partial charge in [0.2, 0.25) is 11.8 Å². The van der Waals surface area contributed by atoms with Crippen LogP contribution in [0.4, 0.5) is 10.1 Å². The first-order valence-electron chi connectivity index (χ1n) is 12.4. The second-order valence-corrected chi connectivity index (χ2v) is 10.2. The van der Waals surface area contributed by atoms with Crippen molar-refractivity contribution in [1.82, 2.24) is 5.32 Å². The van der Waals surface area contributed by atoms with Gasteiger partial charge in [-0.1, -0.05) is 37.5 Å². The molecule has 1 aliphatic heterocycles. The van der Waals surface area contributed by atoms with Crippen molar-refractivity contribution in [2.24, 2.45) is 0 Å². The highest BCUT2D eigenvalue weighted by Gasteiger charge is 2.35. The topological polar surface area (TPSA) is 67.9 Å². The standard InChI is InChI=1S/C28H29FN2O4S/c29-20-10-8-19(9-11-20)27(28(33)30-21-5-2-1-3-6-21)31(26(32)18-23-7-4-16-36-23)22-12-13-24-25(17-22)35-15-14-34-24/h4,7-13,16-17,21,27H,1-3,5-6,14-15,18H2,(H,30,33)/t27-/m1/s1. The summed E-state index contributed by atoms with van der Waals surface area (Å²) in [4.78, 5) is 30.1. The summed E-state index contributed by atoms with van der Waals surface area (Å²) in [6.07, 6.45) is 5.26. The van der Waals surface area contributed by atoms with Crippen LogP contribution in [0.2, 0.25) is 0 Å². The summed E-state index contributed by atoms with van der Waals surface area (Å²) >= 11 is 1.49. The Hall–Kier alpha value is -3.39. The zero-order valence-electron chi connectivity index (χ0n) is 20.0. The fourth-order valence-corrected chi connectivity index (χ4v) is 5.55. The maximum Gasteiger partial charge on any atom is 0.248 e. The van der Waals surface area contributed by atoms with Crippen LogP contribution in [0, 0.1) is 5.82 Å². The molecule has 1 fully saturated rings. The molecule has 1 N–H and O–H groups in total. The van der Waals surface area contributed by atoms with E-state index >= 15 is 0 Å². The van der Waals surface area contributed by atoms with E-state index in [0.717, 1.165) is 37.0 Å². The smallest absolute Gasteiger partial charge is 0.248 e. The number of thiophene rings is 1. The van der Waals surface area contributed by atoms with Crippen molar-refractivity contribution in [2.45, 2.75) is 50.6 Å². The van der Waals surface area contributed by atoms with Crippen LogP contribution in [0.25, 0.3) is 0 Å². The van der Waals surface area contributed by atoms with E-state index in [1.807, 2.05) is 17.5 Å². The van der Waals surface area contributed by atoms with Crippen LogP contribution in [0.1, 0.15) is 48.6 Å². The highest BCUT2D eigenvalue weighted by molar-refractivity contribution is 7.10. The quantitative estimate of drug-likeness (QED) is 0.463. The zero-order chi connectivity index (χ0) is 24.9. The summed E-state index contributed by atoms with van der Waals surface area (Å²) in [5.74, 6) is 0.213. The maximum absolute atomic E-state index is 13.9. The Morgan fingerprint density at radius 1 is 1.00 bits per heavy atom. The van der Waals surface area contributed by atoms with Gasteiger partial charge < -0.3 is 14.8 Å². The fourth-order valence-electron chi connectivity index (χ4n) is 4.86. The largest absolute Gasteiger partial charge is 0.486 e. The number of fused-ring (bicyclic) bond motifs is 1. The van der Waals surface area contributed by atoms with E-state index < -0.39 is 11.9 Å². The number of halogens is 1. The highest BCUT2D eigenvalue weighted by Crippen LogP contribution is 2.37. The van der Waals surface area contributed by atoms with Crippen molar-refractivity contribution in [3.8, 4) is 11.5 Å². The molecule has 2 aliphatic rings.